The summed E-state index contributed by atoms with van der Waals surface area (Å²) in [4.78, 5) is 11.0. The van der Waals surface area contributed by atoms with Crippen molar-refractivity contribution in [3.05, 3.63) is 11.8 Å². The van der Waals surface area contributed by atoms with Crippen LogP contribution in [0.15, 0.2) is 11.8 Å². The van der Waals surface area contributed by atoms with Crippen LogP contribution < -0.4 is 11.1 Å². The average Bonchev–Trinajstić information content (AvgIpc) is 2.26. The summed E-state index contributed by atoms with van der Waals surface area (Å²) in [6.45, 7) is 1.34. The van der Waals surface area contributed by atoms with Crippen LogP contribution in [-0.4, -0.2) is 37.4 Å². The van der Waals surface area contributed by atoms with Crippen LogP contribution in [0.25, 0.3) is 0 Å². The van der Waals surface area contributed by atoms with Crippen molar-refractivity contribution in [3.63, 3.8) is 0 Å². The average molecular weight is 214 g/mol. The molecule has 1 fully saturated rings. The van der Waals surface area contributed by atoms with Gasteiger partial charge in [0.2, 0.25) is 0 Å². The molecule has 1 rings (SSSR count). The number of nitrogens with one attached hydrogen (secondary N) is 1. The van der Waals surface area contributed by atoms with Crippen molar-refractivity contribution in [2.24, 2.45) is 11.7 Å². The van der Waals surface area contributed by atoms with Crippen molar-refractivity contribution in [1.82, 2.24) is 5.32 Å². The van der Waals surface area contributed by atoms with E-state index in [9.17, 15) is 4.79 Å². The third-order valence-corrected chi connectivity index (χ3v) is 2.68. The Morgan fingerprint density at radius 2 is 2.20 bits per heavy atom. The van der Waals surface area contributed by atoms with Crippen LogP contribution >= 0.6 is 0 Å². The number of rotatable bonds is 4. The number of hydrogen-bond acceptors (Lipinski definition) is 4. The highest BCUT2D eigenvalue weighted by atomic mass is 16.5. The predicted molar refractivity (Wildman–Crippen MR) is 56.3 cm³/mol. The monoisotopic (exact) mass is 214 g/mol. The Morgan fingerprint density at radius 3 is 2.67 bits per heavy atom. The highest BCUT2D eigenvalue weighted by molar-refractivity contribution is 5.87. The largest absolute Gasteiger partial charge is 0.478 e. The molecule has 0 amide bonds. The summed E-state index contributed by atoms with van der Waals surface area (Å²) in [5.41, 5.74) is 6.18. The second-order valence-corrected chi connectivity index (χ2v) is 3.67. The molecule has 5 nitrogen and oxygen atoms in total. The summed E-state index contributed by atoms with van der Waals surface area (Å²) < 4.78 is 5.21. The maximum Gasteiger partial charge on any atom is 0.334 e. The predicted octanol–water partition coefficient (Wildman–Crippen LogP) is -0.0718. The van der Waals surface area contributed by atoms with Gasteiger partial charge in [-0.05, 0) is 18.8 Å². The standard InChI is InChI=1S/C10H18N2O3/c1-12-6-8(10(13)14)9(11)7-2-4-15-5-3-7/h6-7,9,12H,2-5,11H2,1H3,(H,13,14)/b8-6+. The van der Waals surface area contributed by atoms with E-state index in [4.69, 9.17) is 15.6 Å². The van der Waals surface area contributed by atoms with Gasteiger partial charge in [0.1, 0.15) is 0 Å². The summed E-state index contributed by atoms with van der Waals surface area (Å²) in [6, 6.07) is -0.418. The van der Waals surface area contributed by atoms with Gasteiger partial charge in [0, 0.05) is 32.5 Å². The third-order valence-electron chi connectivity index (χ3n) is 2.68. The zero-order chi connectivity index (χ0) is 11.3. The lowest BCUT2D eigenvalue weighted by Gasteiger charge is -2.27. The van der Waals surface area contributed by atoms with Gasteiger partial charge in [-0.25, -0.2) is 4.79 Å². The first kappa shape index (κ1) is 12.0. The second kappa shape index (κ2) is 5.72. The van der Waals surface area contributed by atoms with E-state index in [1.807, 2.05) is 0 Å². The fourth-order valence-corrected chi connectivity index (χ4v) is 1.78. The highest BCUT2D eigenvalue weighted by Crippen LogP contribution is 2.21. The molecule has 1 aliphatic heterocycles. The minimum Gasteiger partial charge on any atom is -0.478 e. The number of hydrogen-bond donors (Lipinski definition) is 3. The minimum absolute atomic E-state index is 0.203. The molecule has 0 bridgehead atoms. The van der Waals surface area contributed by atoms with Crippen molar-refractivity contribution in [2.45, 2.75) is 18.9 Å². The van der Waals surface area contributed by atoms with Crippen LogP contribution in [0.5, 0.6) is 0 Å². The van der Waals surface area contributed by atoms with Gasteiger partial charge in [0.05, 0.1) is 5.57 Å². The zero-order valence-electron chi connectivity index (χ0n) is 8.90. The molecule has 5 heteroatoms. The van der Waals surface area contributed by atoms with Crippen LogP contribution in [0.3, 0.4) is 0 Å². The molecule has 0 aliphatic carbocycles. The van der Waals surface area contributed by atoms with Gasteiger partial charge < -0.3 is 20.9 Å². The highest BCUT2D eigenvalue weighted by Gasteiger charge is 2.27. The Kier molecular flexibility index (Phi) is 4.58. The van der Waals surface area contributed by atoms with E-state index in [2.05, 4.69) is 5.32 Å². The molecule has 4 N–H and O–H groups in total. The lowest BCUT2D eigenvalue weighted by atomic mass is 9.88. The summed E-state index contributed by atoms with van der Waals surface area (Å²) in [7, 11) is 1.67. The fraction of sp³-hybridized carbons (Fsp3) is 0.700. The maximum absolute atomic E-state index is 11.0. The van der Waals surface area contributed by atoms with Crippen LogP contribution in [0, 0.1) is 5.92 Å². The second-order valence-electron chi connectivity index (χ2n) is 3.67. The molecule has 0 aromatic rings. The first-order chi connectivity index (χ1) is 7.16. The van der Waals surface area contributed by atoms with E-state index in [1.54, 1.807) is 7.05 Å². The topological polar surface area (TPSA) is 84.6 Å². The molecule has 1 aliphatic rings. The smallest absolute Gasteiger partial charge is 0.334 e. The molecule has 1 atom stereocenters. The van der Waals surface area contributed by atoms with Crippen LogP contribution in [-0.2, 0) is 9.53 Å². The molecule has 0 spiro atoms. The van der Waals surface area contributed by atoms with Crippen LogP contribution in [0.1, 0.15) is 12.8 Å². The summed E-state index contributed by atoms with van der Waals surface area (Å²) in [6.07, 6.45) is 3.12. The summed E-state index contributed by atoms with van der Waals surface area (Å²) >= 11 is 0. The number of aliphatic carboxylic acids is 1. The molecular formula is C10H18N2O3. The number of nitrogens with two attached hydrogens (primary N) is 1. The van der Waals surface area contributed by atoms with Crippen molar-refractivity contribution in [1.29, 1.82) is 0 Å². The SMILES string of the molecule is CN/C=C(/C(=O)O)C(N)C1CCOCC1. The number of carboxylic acid groups (broad SMARTS) is 1. The summed E-state index contributed by atoms with van der Waals surface area (Å²) in [5.74, 6) is -0.752. The van der Waals surface area contributed by atoms with Crippen LogP contribution in [0.4, 0.5) is 0 Å². The molecule has 86 valence electrons. The molecule has 1 unspecified atom stereocenters. The first-order valence-corrected chi connectivity index (χ1v) is 5.10. The molecule has 1 heterocycles. The molecule has 1 saturated heterocycles. The quantitative estimate of drug-likeness (QED) is 0.570. The Labute approximate surface area is 89.3 Å². The van der Waals surface area contributed by atoms with Gasteiger partial charge >= 0.3 is 5.97 Å². The molecule has 0 radical (unpaired) electrons. The molecular weight excluding hydrogens is 196 g/mol. The Hall–Kier alpha value is -1.07. The lowest BCUT2D eigenvalue weighted by Crippen LogP contribution is -2.38. The van der Waals surface area contributed by atoms with Crippen molar-refractivity contribution < 1.29 is 14.6 Å². The minimum atomic E-state index is -0.955. The summed E-state index contributed by atoms with van der Waals surface area (Å²) in [5, 5.41) is 11.7. The van der Waals surface area contributed by atoms with E-state index >= 15 is 0 Å². The molecule has 0 aromatic carbocycles. The lowest BCUT2D eigenvalue weighted by molar-refractivity contribution is -0.133. The van der Waals surface area contributed by atoms with E-state index in [0.29, 0.717) is 13.2 Å². The number of carboxylic acids is 1. The van der Waals surface area contributed by atoms with Gasteiger partial charge in [0.15, 0.2) is 0 Å². The van der Waals surface area contributed by atoms with E-state index in [-0.39, 0.29) is 11.5 Å². The van der Waals surface area contributed by atoms with E-state index < -0.39 is 12.0 Å². The van der Waals surface area contributed by atoms with E-state index in [1.165, 1.54) is 6.20 Å². The van der Waals surface area contributed by atoms with Gasteiger partial charge in [-0.1, -0.05) is 0 Å². The Morgan fingerprint density at radius 1 is 1.60 bits per heavy atom. The zero-order valence-corrected chi connectivity index (χ0v) is 8.90. The van der Waals surface area contributed by atoms with E-state index in [0.717, 1.165) is 12.8 Å². The maximum atomic E-state index is 11.0. The first-order valence-electron chi connectivity index (χ1n) is 5.10. The Balaban J connectivity index is 2.66. The fourth-order valence-electron chi connectivity index (χ4n) is 1.78. The van der Waals surface area contributed by atoms with Gasteiger partial charge in [-0.15, -0.1) is 0 Å². The number of carbonyl (C=O) groups is 1. The third kappa shape index (κ3) is 3.21. The molecule has 15 heavy (non-hydrogen) atoms. The Bertz CT molecular complexity index is 247. The van der Waals surface area contributed by atoms with Gasteiger partial charge in [-0.2, -0.15) is 0 Å². The van der Waals surface area contributed by atoms with Crippen molar-refractivity contribution in [3.8, 4) is 0 Å². The van der Waals surface area contributed by atoms with Crippen LogP contribution in [0.2, 0.25) is 0 Å². The molecule has 0 aromatic heterocycles. The van der Waals surface area contributed by atoms with Gasteiger partial charge in [0.25, 0.3) is 0 Å². The molecule has 0 saturated carbocycles. The normalized spacial score (nSPS) is 21.1. The van der Waals surface area contributed by atoms with Crippen molar-refractivity contribution >= 4 is 5.97 Å². The number of ether oxygens (including phenoxy) is 1. The van der Waals surface area contributed by atoms with Crippen molar-refractivity contribution in [2.75, 3.05) is 20.3 Å². The van der Waals surface area contributed by atoms with Gasteiger partial charge in [-0.3, -0.25) is 0 Å².